The second-order valence-electron chi connectivity index (χ2n) is 8.49. The maximum absolute atomic E-state index is 13.0. The number of carbonyl (C=O) groups is 1. The molecule has 0 aliphatic carbocycles. The summed E-state index contributed by atoms with van der Waals surface area (Å²) in [7, 11) is 1.88. The van der Waals surface area contributed by atoms with Gasteiger partial charge in [-0.3, -0.25) is 9.78 Å². The van der Waals surface area contributed by atoms with E-state index in [2.05, 4.69) is 20.6 Å². The minimum absolute atomic E-state index is 0.0531. The van der Waals surface area contributed by atoms with Crippen LogP contribution in [0.2, 0.25) is 0 Å². The summed E-state index contributed by atoms with van der Waals surface area (Å²) >= 11 is 0. The van der Waals surface area contributed by atoms with Gasteiger partial charge in [-0.1, -0.05) is 12.1 Å². The first-order valence-electron chi connectivity index (χ1n) is 11.3. The Morgan fingerprint density at radius 2 is 1.84 bits per heavy atom. The number of nitrogens with zero attached hydrogens (tertiary/aromatic N) is 4. The average molecular weight is 503 g/mol. The third-order valence-electron chi connectivity index (χ3n) is 5.84. The lowest BCUT2D eigenvalue weighted by Gasteiger charge is -2.14. The summed E-state index contributed by atoms with van der Waals surface area (Å²) in [4.78, 5) is 26.4. The molecule has 10 heteroatoms. The third kappa shape index (κ3) is 4.99. The molecule has 0 unspecified atom stereocenters. The van der Waals surface area contributed by atoms with E-state index in [1.54, 1.807) is 36.7 Å². The second kappa shape index (κ2) is 9.38. The molecule has 2 N–H and O–H groups in total. The van der Waals surface area contributed by atoms with Gasteiger partial charge in [-0.15, -0.1) is 0 Å². The number of nitrogens with one attached hydrogen (secondary N) is 2. The number of fused-ring (bicyclic) bond motifs is 1. The monoisotopic (exact) mass is 502 g/mol. The summed E-state index contributed by atoms with van der Waals surface area (Å²) in [6.07, 6.45) is 0.723. The van der Waals surface area contributed by atoms with Gasteiger partial charge in [0.2, 0.25) is 0 Å². The molecule has 0 radical (unpaired) electrons. The van der Waals surface area contributed by atoms with Crippen molar-refractivity contribution in [2.45, 2.75) is 13.1 Å². The Kier molecular flexibility index (Phi) is 6.08. The van der Waals surface area contributed by atoms with Gasteiger partial charge in [-0.2, -0.15) is 13.2 Å². The zero-order chi connectivity index (χ0) is 26.2. The first-order chi connectivity index (χ1) is 17.7. The van der Waals surface area contributed by atoms with Crippen LogP contribution in [0.5, 0.6) is 0 Å². The van der Waals surface area contributed by atoms with Crippen molar-refractivity contribution in [3.05, 3.63) is 95.9 Å². The van der Waals surface area contributed by atoms with Crippen LogP contribution in [0.25, 0.3) is 22.4 Å². The number of amides is 1. The van der Waals surface area contributed by atoms with Gasteiger partial charge in [-0.05, 0) is 61.0 Å². The van der Waals surface area contributed by atoms with E-state index in [4.69, 9.17) is 4.98 Å². The van der Waals surface area contributed by atoms with E-state index in [0.717, 1.165) is 34.3 Å². The highest BCUT2D eigenvalue weighted by molar-refractivity contribution is 6.05. The Morgan fingerprint density at radius 1 is 1.00 bits per heavy atom. The van der Waals surface area contributed by atoms with E-state index in [0.29, 0.717) is 17.3 Å². The van der Waals surface area contributed by atoms with Crippen LogP contribution >= 0.6 is 0 Å². The van der Waals surface area contributed by atoms with Crippen molar-refractivity contribution in [2.75, 3.05) is 10.6 Å². The van der Waals surface area contributed by atoms with Crippen LogP contribution in [0.1, 0.15) is 21.5 Å². The molecule has 0 saturated heterocycles. The number of pyridine rings is 1. The lowest BCUT2D eigenvalue weighted by Crippen LogP contribution is -2.13. The summed E-state index contributed by atoms with van der Waals surface area (Å²) in [6.45, 7) is 1.88. The van der Waals surface area contributed by atoms with Gasteiger partial charge in [0, 0.05) is 48.1 Å². The van der Waals surface area contributed by atoms with Gasteiger partial charge >= 0.3 is 6.18 Å². The first kappa shape index (κ1) is 24.0. The van der Waals surface area contributed by atoms with Gasteiger partial charge in [0.15, 0.2) is 11.6 Å². The number of halogens is 3. The average Bonchev–Trinajstić information content (AvgIpc) is 3.26. The van der Waals surface area contributed by atoms with Crippen molar-refractivity contribution in [1.82, 2.24) is 19.5 Å². The minimum Gasteiger partial charge on any atom is -0.346 e. The molecule has 0 fully saturated rings. The number of benzene rings is 2. The van der Waals surface area contributed by atoms with Gasteiger partial charge in [0.25, 0.3) is 5.91 Å². The first-order valence-corrected chi connectivity index (χ1v) is 11.3. The largest absolute Gasteiger partial charge is 0.416 e. The molecule has 0 aliphatic heterocycles. The topological polar surface area (TPSA) is 84.7 Å². The fourth-order valence-corrected chi connectivity index (χ4v) is 3.91. The number of hydrogen-bond donors (Lipinski definition) is 2. The molecule has 0 saturated carbocycles. The van der Waals surface area contributed by atoms with Crippen LogP contribution in [0.15, 0.2) is 79.3 Å². The van der Waals surface area contributed by atoms with Gasteiger partial charge in [0.05, 0.1) is 11.1 Å². The zero-order valence-electron chi connectivity index (χ0n) is 19.8. The number of aryl methyl sites for hydroxylation is 2. The minimum atomic E-state index is -4.50. The normalized spacial score (nSPS) is 11.5. The highest BCUT2D eigenvalue weighted by Crippen LogP contribution is 2.32. The fourth-order valence-electron chi connectivity index (χ4n) is 3.91. The number of aromatic nitrogens is 4. The van der Waals surface area contributed by atoms with Crippen molar-refractivity contribution in [3.8, 4) is 11.4 Å². The highest BCUT2D eigenvalue weighted by Gasteiger charge is 2.30. The molecule has 0 spiro atoms. The summed E-state index contributed by atoms with van der Waals surface area (Å²) < 4.78 is 41.0. The van der Waals surface area contributed by atoms with Crippen LogP contribution in [0, 0.1) is 6.92 Å². The lowest BCUT2D eigenvalue weighted by molar-refractivity contribution is -0.137. The Balaban J connectivity index is 1.47. The van der Waals surface area contributed by atoms with Crippen molar-refractivity contribution in [1.29, 1.82) is 0 Å². The maximum Gasteiger partial charge on any atom is 0.416 e. The Labute approximate surface area is 210 Å². The van der Waals surface area contributed by atoms with Crippen LogP contribution < -0.4 is 10.6 Å². The third-order valence-corrected chi connectivity index (χ3v) is 5.84. The van der Waals surface area contributed by atoms with Crippen LogP contribution in [-0.4, -0.2) is 25.4 Å². The van der Waals surface area contributed by atoms with Gasteiger partial charge in [0.1, 0.15) is 5.52 Å². The van der Waals surface area contributed by atoms with E-state index in [-0.39, 0.29) is 11.3 Å². The van der Waals surface area contributed by atoms with Crippen LogP contribution in [0.4, 0.5) is 30.4 Å². The van der Waals surface area contributed by atoms with Crippen LogP contribution in [0.3, 0.4) is 0 Å². The van der Waals surface area contributed by atoms with Gasteiger partial charge < -0.3 is 15.2 Å². The number of carbonyl (C=O) groups excluding carboxylic acids is 1. The van der Waals surface area contributed by atoms with Crippen molar-refractivity contribution in [3.63, 3.8) is 0 Å². The molecule has 0 atom stereocenters. The summed E-state index contributed by atoms with van der Waals surface area (Å²) in [6, 6.07) is 15.1. The van der Waals surface area contributed by atoms with E-state index >= 15 is 0 Å². The number of alkyl halides is 3. The van der Waals surface area contributed by atoms with Gasteiger partial charge in [-0.25, -0.2) is 9.97 Å². The predicted octanol–water partition coefficient (Wildman–Crippen LogP) is 6.35. The smallest absolute Gasteiger partial charge is 0.346 e. The van der Waals surface area contributed by atoms with Crippen molar-refractivity contribution < 1.29 is 18.0 Å². The Hall–Kier alpha value is -4.73. The molecule has 0 bridgehead atoms. The molecule has 186 valence electrons. The Morgan fingerprint density at radius 3 is 2.59 bits per heavy atom. The number of hydrogen-bond acceptors (Lipinski definition) is 5. The number of anilines is 3. The molecule has 1 amide bonds. The molecule has 0 aliphatic rings. The predicted molar refractivity (Wildman–Crippen MR) is 136 cm³/mol. The molecular weight excluding hydrogens is 481 g/mol. The molecule has 3 heterocycles. The molecule has 37 heavy (non-hydrogen) atoms. The van der Waals surface area contributed by atoms with Crippen LogP contribution in [-0.2, 0) is 13.2 Å². The van der Waals surface area contributed by atoms with E-state index < -0.39 is 17.6 Å². The fraction of sp³-hybridized carbons (Fsp3) is 0.111. The second-order valence-corrected chi connectivity index (χ2v) is 8.49. The van der Waals surface area contributed by atoms with E-state index in [9.17, 15) is 18.0 Å². The lowest BCUT2D eigenvalue weighted by atomic mass is 10.1. The van der Waals surface area contributed by atoms with Crippen molar-refractivity contribution in [2.24, 2.45) is 7.05 Å². The molecular formula is C27H21F3N6O. The highest BCUT2D eigenvalue weighted by atomic mass is 19.4. The molecule has 7 nitrogen and oxygen atoms in total. The van der Waals surface area contributed by atoms with E-state index in [1.165, 1.54) is 12.1 Å². The quantitative estimate of drug-likeness (QED) is 0.292. The SMILES string of the molecule is Cc1ccc(C(=O)Nc2cccc(C(F)(F)F)c2)cc1Nc1nc(-c2cccnc2)nc2ccn(C)c12. The number of rotatable bonds is 5. The standard InChI is InChI=1S/C27H21F3N6O/c1-16-8-9-17(26(37)32-20-7-3-6-19(14-20)27(28,29)30)13-22(16)34-25-23-21(10-12-36(23)2)33-24(35-25)18-5-4-11-31-15-18/h3-15H,1-2H3,(H,32,37)(H,33,34,35). The molecule has 5 aromatic rings. The van der Waals surface area contributed by atoms with Crippen molar-refractivity contribution >= 4 is 34.1 Å². The molecule has 3 aromatic heterocycles. The summed E-state index contributed by atoms with van der Waals surface area (Å²) in [5.41, 5.74) is 3.21. The molecule has 2 aromatic carbocycles. The summed E-state index contributed by atoms with van der Waals surface area (Å²) in [5.74, 6) is 0.491. The van der Waals surface area contributed by atoms with E-state index in [1.807, 2.05) is 36.9 Å². The summed E-state index contributed by atoms with van der Waals surface area (Å²) in [5, 5.41) is 5.86. The Bertz CT molecular complexity index is 1610. The zero-order valence-corrected chi connectivity index (χ0v) is 19.8. The molecule has 5 rings (SSSR count). The maximum atomic E-state index is 13.0.